The van der Waals surface area contributed by atoms with E-state index in [0.29, 0.717) is 17.6 Å². The molecule has 292 valence electrons. The van der Waals surface area contributed by atoms with Crippen molar-refractivity contribution in [2.45, 2.75) is 76.5 Å². The van der Waals surface area contributed by atoms with Gasteiger partial charge in [0.25, 0.3) is 8.53 Å². The quantitative estimate of drug-likeness (QED) is 0.0473. The summed E-state index contributed by atoms with van der Waals surface area (Å²) in [6, 6.07) is 31.4. The van der Waals surface area contributed by atoms with Crippen LogP contribution < -0.4 is 15.2 Å². The summed E-state index contributed by atoms with van der Waals surface area (Å²) in [5, 5.41) is 9.34. The molecule has 0 bridgehead atoms. The van der Waals surface area contributed by atoms with E-state index in [0.717, 1.165) is 28.2 Å². The molecule has 13 nitrogen and oxygen atoms in total. The van der Waals surface area contributed by atoms with Crippen LogP contribution in [0.2, 0.25) is 0 Å². The summed E-state index contributed by atoms with van der Waals surface area (Å²) < 4.78 is 42.2. The van der Waals surface area contributed by atoms with E-state index < -0.39 is 32.4 Å². The van der Waals surface area contributed by atoms with Crippen LogP contribution >= 0.6 is 8.53 Å². The molecular formula is C42H48N7O6P. The number of nitrogen functional groups attached to an aromatic ring is 1. The molecule has 14 heteroatoms. The molecule has 0 aliphatic carbocycles. The number of fused-ring (bicyclic) bond motifs is 1. The van der Waals surface area contributed by atoms with E-state index in [1.54, 1.807) is 25.1 Å². The number of nitriles is 1. The lowest BCUT2D eigenvalue weighted by molar-refractivity contribution is -0.0736. The third kappa shape index (κ3) is 8.96. The van der Waals surface area contributed by atoms with Crippen molar-refractivity contribution in [2.24, 2.45) is 0 Å². The molecule has 0 radical (unpaired) electrons. The zero-order chi connectivity index (χ0) is 39.7. The van der Waals surface area contributed by atoms with Crippen molar-refractivity contribution in [1.82, 2.24) is 24.2 Å². The molecule has 1 aliphatic heterocycles. The van der Waals surface area contributed by atoms with Crippen LogP contribution in [0.3, 0.4) is 0 Å². The van der Waals surface area contributed by atoms with Crippen molar-refractivity contribution in [3.05, 3.63) is 108 Å². The highest BCUT2D eigenvalue weighted by atomic mass is 31.2. The fourth-order valence-corrected chi connectivity index (χ4v) is 8.59. The van der Waals surface area contributed by atoms with Gasteiger partial charge in [0.2, 0.25) is 0 Å². The Hall–Kier alpha value is -5.11. The van der Waals surface area contributed by atoms with Crippen LogP contribution in [0.4, 0.5) is 5.82 Å². The lowest BCUT2D eigenvalue weighted by atomic mass is 9.80. The van der Waals surface area contributed by atoms with Gasteiger partial charge in [0.1, 0.15) is 42.0 Å². The van der Waals surface area contributed by atoms with Crippen molar-refractivity contribution in [3.63, 3.8) is 0 Å². The van der Waals surface area contributed by atoms with Gasteiger partial charge in [-0.3, -0.25) is 0 Å². The fraction of sp³-hybridized carbons (Fsp3) is 0.381. The molecule has 1 fully saturated rings. The smallest absolute Gasteiger partial charge is 0.259 e. The summed E-state index contributed by atoms with van der Waals surface area (Å²) in [7, 11) is 1.69. The predicted molar refractivity (Wildman–Crippen MR) is 215 cm³/mol. The van der Waals surface area contributed by atoms with Crippen LogP contribution in [0.15, 0.2) is 91.5 Å². The van der Waals surface area contributed by atoms with Crippen molar-refractivity contribution in [2.75, 3.05) is 33.2 Å². The van der Waals surface area contributed by atoms with Crippen molar-refractivity contribution >= 4 is 25.5 Å². The Bertz CT molecular complexity index is 2080. The number of ether oxygens (including phenoxy) is 4. The third-order valence-electron chi connectivity index (χ3n) is 9.43. The number of hydrogen-bond acceptors (Lipinski definition) is 12. The number of anilines is 1. The van der Waals surface area contributed by atoms with Gasteiger partial charge in [-0.05, 0) is 74.6 Å². The Kier molecular flexibility index (Phi) is 13.5. The van der Waals surface area contributed by atoms with Gasteiger partial charge in [0, 0.05) is 24.5 Å². The second kappa shape index (κ2) is 18.7. The molecule has 2 aromatic heterocycles. The molecule has 0 spiro atoms. The maximum Gasteiger partial charge on any atom is 0.259 e. The van der Waals surface area contributed by atoms with E-state index >= 15 is 0 Å². The molecule has 1 unspecified atom stereocenters. The molecule has 4 atom stereocenters. The summed E-state index contributed by atoms with van der Waals surface area (Å²) in [4.78, 5) is 12.7. The Morgan fingerprint density at radius 2 is 1.54 bits per heavy atom. The average molecular weight is 778 g/mol. The van der Waals surface area contributed by atoms with Crippen molar-refractivity contribution in [3.8, 4) is 29.5 Å². The SMILES string of the molecule is COc1ccc(C(OC[C@H]2O[C@@H](C#Cn3cnc4c(N)ncnc43)C[C@@H]2OP(OCCC#N)N(C(C)C)C(C)C)(c2ccccc2)c2ccc(OC)cc2)cc1. The number of hydrogen-bond donors (Lipinski definition) is 1. The summed E-state index contributed by atoms with van der Waals surface area (Å²) in [5.41, 5.74) is 8.62. The Balaban J connectivity index is 1.40. The second-order valence-electron chi connectivity index (χ2n) is 13.7. The minimum Gasteiger partial charge on any atom is -0.497 e. The minimum absolute atomic E-state index is 0.107. The average Bonchev–Trinajstić information content (AvgIpc) is 3.82. The van der Waals surface area contributed by atoms with Crippen molar-refractivity contribution in [1.29, 1.82) is 5.26 Å². The fourth-order valence-electron chi connectivity index (χ4n) is 6.84. The van der Waals surface area contributed by atoms with Gasteiger partial charge in [-0.1, -0.05) is 54.6 Å². The van der Waals surface area contributed by atoms with Crippen LogP contribution in [-0.4, -0.2) is 82.0 Å². The normalized spacial score (nSPS) is 17.5. The first-order valence-electron chi connectivity index (χ1n) is 18.5. The van der Waals surface area contributed by atoms with Gasteiger partial charge in [0.15, 0.2) is 17.0 Å². The molecule has 0 amide bonds. The van der Waals surface area contributed by atoms with E-state index in [9.17, 15) is 5.26 Å². The summed E-state index contributed by atoms with van der Waals surface area (Å²) in [6.45, 7) is 8.79. The highest BCUT2D eigenvalue weighted by Crippen LogP contribution is 2.50. The molecule has 3 aromatic carbocycles. The van der Waals surface area contributed by atoms with E-state index in [1.807, 2.05) is 66.7 Å². The van der Waals surface area contributed by atoms with Crippen LogP contribution in [0, 0.1) is 23.3 Å². The maximum atomic E-state index is 9.34. The molecule has 5 aromatic rings. The first-order chi connectivity index (χ1) is 27.2. The van der Waals surface area contributed by atoms with E-state index in [4.69, 9.17) is 33.7 Å². The van der Waals surface area contributed by atoms with Crippen LogP contribution in [-0.2, 0) is 24.1 Å². The number of nitrogens with two attached hydrogens (primary N) is 1. The van der Waals surface area contributed by atoms with Gasteiger partial charge in [0.05, 0.1) is 46.0 Å². The molecule has 2 N–H and O–H groups in total. The Morgan fingerprint density at radius 1 is 0.911 bits per heavy atom. The van der Waals surface area contributed by atoms with Crippen LogP contribution in [0.5, 0.6) is 11.5 Å². The van der Waals surface area contributed by atoms with Crippen LogP contribution in [0.25, 0.3) is 11.2 Å². The van der Waals surface area contributed by atoms with Crippen LogP contribution in [0.1, 0.15) is 57.2 Å². The van der Waals surface area contributed by atoms with E-state index in [-0.39, 0.29) is 37.5 Å². The number of imidazole rings is 1. The van der Waals surface area contributed by atoms with Gasteiger partial charge >= 0.3 is 0 Å². The third-order valence-corrected chi connectivity index (χ3v) is 11.6. The number of methoxy groups -OCH3 is 2. The monoisotopic (exact) mass is 777 g/mol. The first kappa shape index (κ1) is 40.6. The Morgan fingerprint density at radius 3 is 2.12 bits per heavy atom. The predicted octanol–water partition coefficient (Wildman–Crippen LogP) is 7.06. The van der Waals surface area contributed by atoms with E-state index in [2.05, 4.69) is 77.5 Å². The summed E-state index contributed by atoms with van der Waals surface area (Å²) in [6.07, 6.45) is 2.02. The maximum absolute atomic E-state index is 9.34. The van der Waals surface area contributed by atoms with Crippen molar-refractivity contribution < 1.29 is 28.0 Å². The lowest BCUT2D eigenvalue weighted by Crippen LogP contribution is -2.39. The minimum atomic E-state index is -1.60. The number of rotatable bonds is 16. The van der Waals surface area contributed by atoms with Gasteiger partial charge < -0.3 is 33.7 Å². The molecule has 0 saturated carbocycles. The van der Waals surface area contributed by atoms with Gasteiger partial charge in [-0.25, -0.2) is 24.2 Å². The van der Waals surface area contributed by atoms with E-state index in [1.165, 1.54) is 6.33 Å². The highest BCUT2D eigenvalue weighted by molar-refractivity contribution is 7.44. The molecule has 6 rings (SSSR count). The number of nitrogens with zero attached hydrogens (tertiary/aromatic N) is 6. The van der Waals surface area contributed by atoms with Gasteiger partial charge in [-0.2, -0.15) is 5.26 Å². The summed E-state index contributed by atoms with van der Waals surface area (Å²) in [5.74, 6) is 5.00. The Labute approximate surface area is 329 Å². The second-order valence-corrected chi connectivity index (χ2v) is 15.1. The standard InChI is InChI=1S/C42H48N7O6P/c1-29(2)49(30(3)4)56(53-24-10-22-43)55-37-25-36(21-23-48-28-47-39-40(44)45-27-46-41(39)48)54-38(37)26-52-42(31-11-8-7-9-12-31,32-13-17-34(50-5)18-14-32)33-15-19-35(51-6)20-16-33/h7-9,11-20,27-30,36-38H,10,24-26H2,1-6H3,(H2,44,45,46)/t36-,37-,38+,56?/m0/s1. The van der Waals surface area contributed by atoms with Gasteiger partial charge in [-0.15, -0.1) is 0 Å². The topological polar surface area (TPSA) is 152 Å². The molecule has 56 heavy (non-hydrogen) atoms. The zero-order valence-corrected chi connectivity index (χ0v) is 33.4. The zero-order valence-electron chi connectivity index (χ0n) is 32.5. The highest BCUT2D eigenvalue weighted by Gasteiger charge is 2.44. The largest absolute Gasteiger partial charge is 0.497 e. The molecule has 3 heterocycles. The molecule has 1 saturated heterocycles. The lowest BCUT2D eigenvalue weighted by Gasteiger charge is -2.39. The first-order valence-corrected chi connectivity index (χ1v) is 19.7. The summed E-state index contributed by atoms with van der Waals surface area (Å²) >= 11 is 0. The molecular weight excluding hydrogens is 729 g/mol. The number of benzene rings is 3. The number of aromatic nitrogens is 4. The molecule has 1 aliphatic rings.